The van der Waals surface area contributed by atoms with Gasteiger partial charge < -0.3 is 20.4 Å². The van der Waals surface area contributed by atoms with Crippen LogP contribution in [0.25, 0.3) is 0 Å². The van der Waals surface area contributed by atoms with E-state index in [0.29, 0.717) is 18.9 Å². The van der Waals surface area contributed by atoms with Crippen molar-refractivity contribution in [3.8, 4) is 0 Å². The number of nitrogens with zero attached hydrogens (tertiary/aromatic N) is 4. The zero-order valence-electron chi connectivity index (χ0n) is 17.0. The lowest BCUT2D eigenvalue weighted by Gasteiger charge is -2.34. The molecule has 2 N–H and O–H groups in total. The third-order valence-electron chi connectivity index (χ3n) is 4.87. The van der Waals surface area contributed by atoms with Gasteiger partial charge in [0.05, 0.1) is 0 Å². The third-order valence-corrected chi connectivity index (χ3v) is 4.87. The highest BCUT2D eigenvalue weighted by Crippen LogP contribution is 2.19. The van der Waals surface area contributed by atoms with Crippen molar-refractivity contribution in [3.05, 3.63) is 41.7 Å². The second kappa shape index (κ2) is 9.50. The average molecular weight is 383 g/mol. The fraction of sp³-hybridized carbons (Fsp3) is 0.476. The SMILES string of the molecule is Cc1cc(C)nc(NCCCC(=O)Nc2ccc(N3CCN(C)CC3)cc2)n1. The molecule has 150 valence electrons. The van der Waals surface area contributed by atoms with Crippen molar-refractivity contribution in [2.45, 2.75) is 26.7 Å². The van der Waals surface area contributed by atoms with E-state index in [1.807, 2.05) is 32.0 Å². The molecule has 0 unspecified atom stereocenters. The molecule has 1 saturated heterocycles. The predicted molar refractivity (Wildman–Crippen MR) is 114 cm³/mol. The molecule has 0 bridgehead atoms. The topological polar surface area (TPSA) is 73.4 Å². The maximum absolute atomic E-state index is 12.2. The van der Waals surface area contributed by atoms with Crippen molar-refractivity contribution >= 4 is 23.2 Å². The van der Waals surface area contributed by atoms with E-state index < -0.39 is 0 Å². The molecule has 2 heterocycles. The highest BCUT2D eigenvalue weighted by Gasteiger charge is 2.14. The lowest BCUT2D eigenvalue weighted by Crippen LogP contribution is -2.44. The van der Waals surface area contributed by atoms with Crippen LogP contribution in [-0.4, -0.2) is 60.5 Å². The van der Waals surface area contributed by atoms with Gasteiger partial charge in [0.15, 0.2) is 0 Å². The Bertz CT molecular complexity index is 764. The molecular weight excluding hydrogens is 352 g/mol. The van der Waals surface area contributed by atoms with Crippen LogP contribution in [0.3, 0.4) is 0 Å². The average Bonchev–Trinajstić information content (AvgIpc) is 2.66. The van der Waals surface area contributed by atoms with Gasteiger partial charge in [-0.15, -0.1) is 0 Å². The molecule has 0 atom stereocenters. The first-order chi connectivity index (χ1) is 13.5. The summed E-state index contributed by atoms with van der Waals surface area (Å²) in [7, 11) is 2.15. The monoisotopic (exact) mass is 382 g/mol. The van der Waals surface area contributed by atoms with E-state index in [0.717, 1.165) is 49.7 Å². The van der Waals surface area contributed by atoms with E-state index in [9.17, 15) is 4.79 Å². The summed E-state index contributed by atoms with van der Waals surface area (Å²) >= 11 is 0. The van der Waals surface area contributed by atoms with Crippen LogP contribution in [0, 0.1) is 13.8 Å². The van der Waals surface area contributed by atoms with Crippen molar-refractivity contribution in [2.75, 3.05) is 55.3 Å². The van der Waals surface area contributed by atoms with Gasteiger partial charge in [-0.05, 0) is 57.6 Å². The molecule has 0 aliphatic carbocycles. The van der Waals surface area contributed by atoms with Crippen LogP contribution >= 0.6 is 0 Å². The molecule has 1 aromatic carbocycles. The number of hydrogen-bond donors (Lipinski definition) is 2. The maximum atomic E-state index is 12.2. The number of hydrogen-bond acceptors (Lipinski definition) is 6. The molecule has 0 saturated carbocycles. The largest absolute Gasteiger partial charge is 0.369 e. The van der Waals surface area contributed by atoms with Crippen molar-refractivity contribution in [2.24, 2.45) is 0 Å². The normalized spacial score (nSPS) is 14.8. The standard InChI is InChI=1S/C21H30N6O/c1-16-15-17(2)24-21(23-16)22-10-4-5-20(28)25-18-6-8-19(9-7-18)27-13-11-26(3)12-14-27/h6-9,15H,4-5,10-14H2,1-3H3,(H,25,28)(H,22,23,24). The molecule has 2 aromatic rings. The highest BCUT2D eigenvalue weighted by atomic mass is 16.1. The molecule has 3 rings (SSSR count). The number of rotatable bonds is 7. The molecule has 1 aliphatic rings. The minimum Gasteiger partial charge on any atom is -0.369 e. The summed E-state index contributed by atoms with van der Waals surface area (Å²) in [5.74, 6) is 0.646. The number of anilines is 3. The van der Waals surface area contributed by atoms with E-state index in [1.54, 1.807) is 0 Å². The number of aryl methyl sites for hydroxylation is 2. The molecule has 1 amide bonds. The highest BCUT2D eigenvalue weighted by molar-refractivity contribution is 5.90. The summed E-state index contributed by atoms with van der Waals surface area (Å²) in [6.45, 7) is 8.81. The van der Waals surface area contributed by atoms with Crippen LogP contribution in [0.4, 0.5) is 17.3 Å². The van der Waals surface area contributed by atoms with E-state index >= 15 is 0 Å². The number of carbonyl (C=O) groups is 1. The smallest absolute Gasteiger partial charge is 0.224 e. The van der Waals surface area contributed by atoms with E-state index in [2.05, 4.69) is 49.6 Å². The number of likely N-dealkylation sites (N-methyl/N-ethyl adjacent to an activating group) is 1. The van der Waals surface area contributed by atoms with Gasteiger partial charge in [-0.25, -0.2) is 9.97 Å². The Kier molecular flexibility index (Phi) is 6.81. The second-order valence-electron chi connectivity index (χ2n) is 7.39. The molecule has 28 heavy (non-hydrogen) atoms. The zero-order chi connectivity index (χ0) is 19.9. The first kappa shape index (κ1) is 20.1. The van der Waals surface area contributed by atoms with E-state index in [4.69, 9.17) is 0 Å². The maximum Gasteiger partial charge on any atom is 0.224 e. The molecule has 7 heteroatoms. The summed E-state index contributed by atoms with van der Waals surface area (Å²) in [6, 6.07) is 10.1. The van der Waals surface area contributed by atoms with Gasteiger partial charge in [-0.2, -0.15) is 0 Å². The van der Waals surface area contributed by atoms with Crippen LogP contribution in [0.5, 0.6) is 0 Å². The zero-order valence-corrected chi connectivity index (χ0v) is 17.0. The molecule has 1 aliphatic heterocycles. The number of carbonyl (C=O) groups excluding carboxylic acids is 1. The van der Waals surface area contributed by atoms with Gasteiger partial charge in [-0.3, -0.25) is 4.79 Å². The van der Waals surface area contributed by atoms with Gasteiger partial charge >= 0.3 is 0 Å². The molecule has 0 spiro atoms. The summed E-state index contributed by atoms with van der Waals surface area (Å²) in [5, 5.41) is 6.15. The number of aromatic nitrogens is 2. The van der Waals surface area contributed by atoms with Gasteiger partial charge in [0.25, 0.3) is 0 Å². The van der Waals surface area contributed by atoms with Crippen LogP contribution in [0.1, 0.15) is 24.2 Å². The Morgan fingerprint density at radius 1 is 1.04 bits per heavy atom. The van der Waals surface area contributed by atoms with Gasteiger partial charge in [0, 0.05) is 61.9 Å². The summed E-state index contributed by atoms with van der Waals surface area (Å²) < 4.78 is 0. The lowest BCUT2D eigenvalue weighted by atomic mass is 10.2. The molecule has 1 aromatic heterocycles. The quantitative estimate of drug-likeness (QED) is 0.718. The molecule has 0 radical (unpaired) electrons. The summed E-state index contributed by atoms with van der Waals surface area (Å²) in [4.78, 5) is 25.6. The minimum atomic E-state index is 0.0236. The van der Waals surface area contributed by atoms with Crippen molar-refractivity contribution in [1.82, 2.24) is 14.9 Å². The Morgan fingerprint density at radius 2 is 1.68 bits per heavy atom. The number of amides is 1. The molecule has 1 fully saturated rings. The third kappa shape index (κ3) is 5.92. The number of nitrogens with one attached hydrogen (secondary N) is 2. The van der Waals surface area contributed by atoms with E-state index in [1.165, 1.54) is 5.69 Å². The van der Waals surface area contributed by atoms with Gasteiger partial charge in [0.1, 0.15) is 0 Å². The fourth-order valence-electron chi connectivity index (χ4n) is 3.30. The first-order valence-electron chi connectivity index (χ1n) is 9.89. The van der Waals surface area contributed by atoms with Crippen LogP contribution in [-0.2, 0) is 4.79 Å². The van der Waals surface area contributed by atoms with Crippen molar-refractivity contribution in [3.63, 3.8) is 0 Å². The number of benzene rings is 1. The fourth-order valence-corrected chi connectivity index (χ4v) is 3.30. The van der Waals surface area contributed by atoms with Crippen LogP contribution in [0.15, 0.2) is 30.3 Å². The van der Waals surface area contributed by atoms with Gasteiger partial charge in [0.2, 0.25) is 11.9 Å². The Balaban J connectivity index is 1.39. The Labute approximate surface area is 167 Å². The first-order valence-corrected chi connectivity index (χ1v) is 9.89. The van der Waals surface area contributed by atoms with Crippen molar-refractivity contribution < 1.29 is 4.79 Å². The molecular formula is C21H30N6O. The van der Waals surface area contributed by atoms with Gasteiger partial charge in [-0.1, -0.05) is 0 Å². The van der Waals surface area contributed by atoms with Crippen LogP contribution in [0.2, 0.25) is 0 Å². The van der Waals surface area contributed by atoms with Crippen molar-refractivity contribution in [1.29, 1.82) is 0 Å². The van der Waals surface area contributed by atoms with Crippen LogP contribution < -0.4 is 15.5 Å². The molecule has 7 nitrogen and oxygen atoms in total. The summed E-state index contributed by atoms with van der Waals surface area (Å²) in [6.07, 6.45) is 1.18. The summed E-state index contributed by atoms with van der Waals surface area (Å²) in [5.41, 5.74) is 3.93. The Hall–Kier alpha value is -2.67. The number of piperazine rings is 1. The second-order valence-corrected chi connectivity index (χ2v) is 7.39. The minimum absolute atomic E-state index is 0.0236. The van der Waals surface area contributed by atoms with E-state index in [-0.39, 0.29) is 5.91 Å². The predicted octanol–water partition coefficient (Wildman–Crippen LogP) is 2.68. The Morgan fingerprint density at radius 3 is 2.32 bits per heavy atom. The lowest BCUT2D eigenvalue weighted by molar-refractivity contribution is -0.116.